The molecule has 0 amide bonds. The highest BCUT2D eigenvalue weighted by Gasteiger charge is 2.45. The van der Waals surface area contributed by atoms with Crippen LogP contribution in [0.2, 0.25) is 0 Å². The lowest BCUT2D eigenvalue weighted by Crippen LogP contribution is -2.38. The van der Waals surface area contributed by atoms with E-state index in [0.29, 0.717) is 18.9 Å². The van der Waals surface area contributed by atoms with Crippen LogP contribution in [0.4, 0.5) is 10.1 Å². The fourth-order valence-electron chi connectivity index (χ4n) is 2.84. The van der Waals surface area contributed by atoms with E-state index < -0.39 is 33.6 Å². The molecule has 0 saturated heterocycles. The predicted molar refractivity (Wildman–Crippen MR) is 67.1 cm³/mol. The third kappa shape index (κ3) is 2.19. The number of hydrogen-bond donors (Lipinski definition) is 2. The van der Waals surface area contributed by atoms with Crippen LogP contribution in [-0.4, -0.2) is 21.1 Å². The number of aromatic hydroxyl groups is 1. The van der Waals surface area contributed by atoms with Crippen molar-refractivity contribution in [1.29, 1.82) is 0 Å². The van der Waals surface area contributed by atoms with Gasteiger partial charge >= 0.3 is 11.7 Å². The summed E-state index contributed by atoms with van der Waals surface area (Å²) in [6.07, 6.45) is 2.56. The summed E-state index contributed by atoms with van der Waals surface area (Å²) in [6.45, 7) is 0. The van der Waals surface area contributed by atoms with Gasteiger partial charge in [-0.05, 0) is 18.9 Å². The Morgan fingerprint density at radius 2 is 1.90 bits per heavy atom. The van der Waals surface area contributed by atoms with E-state index in [1.54, 1.807) is 0 Å². The fraction of sp³-hybridized carbons (Fsp3) is 0.462. The molecule has 108 valence electrons. The van der Waals surface area contributed by atoms with Gasteiger partial charge in [-0.1, -0.05) is 19.3 Å². The lowest BCUT2D eigenvalue weighted by Gasteiger charge is -2.33. The van der Waals surface area contributed by atoms with Gasteiger partial charge in [-0.15, -0.1) is 0 Å². The molecule has 1 aliphatic carbocycles. The molecule has 1 saturated carbocycles. The van der Waals surface area contributed by atoms with Crippen LogP contribution >= 0.6 is 0 Å². The molecule has 0 aromatic heterocycles. The van der Waals surface area contributed by atoms with Crippen LogP contribution in [0.25, 0.3) is 0 Å². The van der Waals surface area contributed by atoms with Gasteiger partial charge in [0.2, 0.25) is 0 Å². The lowest BCUT2D eigenvalue weighted by molar-refractivity contribution is -0.386. The van der Waals surface area contributed by atoms with Crippen molar-refractivity contribution >= 4 is 11.7 Å². The van der Waals surface area contributed by atoms with Gasteiger partial charge in [0.25, 0.3) is 0 Å². The molecule has 1 aromatic rings. The first kappa shape index (κ1) is 14.2. The fourth-order valence-corrected chi connectivity index (χ4v) is 2.84. The van der Waals surface area contributed by atoms with Gasteiger partial charge in [0.05, 0.1) is 16.4 Å². The van der Waals surface area contributed by atoms with Crippen molar-refractivity contribution in [2.45, 2.75) is 37.5 Å². The van der Waals surface area contributed by atoms with Crippen molar-refractivity contribution < 1.29 is 24.3 Å². The Morgan fingerprint density at radius 1 is 1.30 bits per heavy atom. The molecule has 2 rings (SSSR count). The molecule has 0 heterocycles. The largest absolute Gasteiger partial charge is 0.502 e. The Kier molecular flexibility index (Phi) is 3.61. The monoisotopic (exact) mass is 283 g/mol. The highest BCUT2D eigenvalue weighted by Crippen LogP contribution is 2.46. The van der Waals surface area contributed by atoms with Crippen LogP contribution in [0.15, 0.2) is 12.1 Å². The van der Waals surface area contributed by atoms with E-state index >= 15 is 0 Å². The first-order valence-corrected chi connectivity index (χ1v) is 6.29. The highest BCUT2D eigenvalue weighted by molar-refractivity contribution is 5.83. The molecule has 0 aliphatic heterocycles. The summed E-state index contributed by atoms with van der Waals surface area (Å²) in [5.74, 6) is -2.86. The molecular weight excluding hydrogens is 269 g/mol. The Labute approximate surface area is 114 Å². The number of aliphatic carboxylic acids is 1. The second-order valence-corrected chi connectivity index (χ2v) is 5.03. The minimum Gasteiger partial charge on any atom is -0.502 e. The summed E-state index contributed by atoms with van der Waals surface area (Å²) in [7, 11) is 0. The Bertz CT molecular complexity index is 566. The minimum atomic E-state index is -1.45. The van der Waals surface area contributed by atoms with Gasteiger partial charge in [-0.3, -0.25) is 14.9 Å². The van der Waals surface area contributed by atoms with E-state index in [1.165, 1.54) is 0 Å². The summed E-state index contributed by atoms with van der Waals surface area (Å²) in [5, 5.41) is 30.3. The molecular formula is C13H14FNO5. The zero-order valence-corrected chi connectivity index (χ0v) is 10.6. The predicted octanol–water partition coefficient (Wildman–Crippen LogP) is 2.73. The molecule has 2 N–H and O–H groups in total. The Morgan fingerprint density at radius 3 is 2.40 bits per heavy atom. The van der Waals surface area contributed by atoms with Crippen molar-refractivity contribution in [1.82, 2.24) is 0 Å². The van der Waals surface area contributed by atoms with Crippen molar-refractivity contribution in [2.24, 2.45) is 0 Å². The van der Waals surface area contributed by atoms with Crippen LogP contribution in [0, 0.1) is 15.9 Å². The maximum absolute atomic E-state index is 13.5. The number of phenols is 1. The molecule has 0 bridgehead atoms. The molecule has 0 radical (unpaired) electrons. The summed E-state index contributed by atoms with van der Waals surface area (Å²) >= 11 is 0. The van der Waals surface area contributed by atoms with E-state index in [2.05, 4.69) is 0 Å². The van der Waals surface area contributed by atoms with Crippen LogP contribution in [-0.2, 0) is 10.2 Å². The lowest BCUT2D eigenvalue weighted by atomic mass is 9.69. The highest BCUT2D eigenvalue weighted by atomic mass is 19.1. The summed E-state index contributed by atoms with van der Waals surface area (Å²) in [5.41, 5.74) is -2.45. The van der Waals surface area contributed by atoms with E-state index in [-0.39, 0.29) is 18.4 Å². The van der Waals surface area contributed by atoms with E-state index in [1.807, 2.05) is 0 Å². The van der Waals surface area contributed by atoms with Crippen molar-refractivity contribution in [2.75, 3.05) is 0 Å². The second-order valence-electron chi connectivity index (χ2n) is 5.03. The van der Waals surface area contributed by atoms with Gasteiger partial charge < -0.3 is 10.2 Å². The maximum atomic E-state index is 13.5. The van der Waals surface area contributed by atoms with Crippen LogP contribution in [0.1, 0.15) is 37.7 Å². The SMILES string of the molecule is O=C(O)C1(c2cc(F)cc([N+](=O)[O-])c2O)CCCCC1. The molecule has 1 aliphatic rings. The summed E-state index contributed by atoms with van der Waals surface area (Å²) in [4.78, 5) is 21.5. The quantitative estimate of drug-likeness (QED) is 0.656. The number of rotatable bonds is 3. The van der Waals surface area contributed by atoms with Gasteiger partial charge in [0, 0.05) is 5.56 Å². The number of carboxylic acids is 1. The molecule has 0 spiro atoms. The van der Waals surface area contributed by atoms with Gasteiger partial charge in [-0.25, -0.2) is 4.39 Å². The maximum Gasteiger partial charge on any atom is 0.314 e. The van der Waals surface area contributed by atoms with E-state index in [0.717, 1.165) is 12.5 Å². The molecule has 7 heteroatoms. The first-order valence-electron chi connectivity index (χ1n) is 6.29. The summed E-state index contributed by atoms with van der Waals surface area (Å²) < 4.78 is 13.5. The van der Waals surface area contributed by atoms with Gasteiger partial charge in [-0.2, -0.15) is 0 Å². The molecule has 0 unspecified atom stereocenters. The number of halogens is 1. The smallest absolute Gasteiger partial charge is 0.314 e. The van der Waals surface area contributed by atoms with Crippen molar-refractivity contribution in [3.05, 3.63) is 33.6 Å². The van der Waals surface area contributed by atoms with Crippen LogP contribution < -0.4 is 0 Å². The zero-order chi connectivity index (χ0) is 14.9. The third-order valence-corrected chi connectivity index (χ3v) is 3.88. The Hall–Kier alpha value is -2.18. The standard InChI is InChI=1S/C13H14FNO5/c14-8-6-9(11(16)10(7-8)15(19)20)13(12(17)18)4-2-1-3-5-13/h6-7,16H,1-5H2,(H,17,18). The van der Waals surface area contributed by atoms with Crippen LogP contribution in [0.3, 0.4) is 0 Å². The second kappa shape index (κ2) is 5.07. The summed E-state index contributed by atoms with van der Waals surface area (Å²) in [6, 6.07) is 1.49. The molecule has 1 fully saturated rings. The third-order valence-electron chi connectivity index (χ3n) is 3.88. The van der Waals surface area contributed by atoms with E-state index in [4.69, 9.17) is 0 Å². The minimum absolute atomic E-state index is 0.198. The number of carbonyl (C=O) groups is 1. The number of carboxylic acid groups (broad SMARTS) is 1. The number of benzene rings is 1. The van der Waals surface area contributed by atoms with Gasteiger partial charge in [0.15, 0.2) is 5.75 Å². The molecule has 6 nitrogen and oxygen atoms in total. The Balaban J connectivity index is 2.65. The topological polar surface area (TPSA) is 101 Å². The van der Waals surface area contributed by atoms with Crippen molar-refractivity contribution in [3.63, 3.8) is 0 Å². The molecule has 1 aromatic carbocycles. The van der Waals surface area contributed by atoms with Crippen LogP contribution in [0.5, 0.6) is 5.75 Å². The normalized spacial score (nSPS) is 17.6. The number of phenolic OH excluding ortho intramolecular Hbond substituents is 1. The van der Waals surface area contributed by atoms with Crippen molar-refractivity contribution in [3.8, 4) is 5.75 Å². The molecule has 20 heavy (non-hydrogen) atoms. The first-order chi connectivity index (χ1) is 9.38. The number of hydrogen-bond acceptors (Lipinski definition) is 4. The molecule has 0 atom stereocenters. The number of nitrogens with zero attached hydrogens (tertiary/aromatic N) is 1. The number of nitro benzene ring substituents is 1. The number of nitro groups is 1. The average Bonchev–Trinajstić information content (AvgIpc) is 2.41. The average molecular weight is 283 g/mol. The van der Waals surface area contributed by atoms with Gasteiger partial charge in [0.1, 0.15) is 5.82 Å². The zero-order valence-electron chi connectivity index (χ0n) is 10.6. The van der Waals surface area contributed by atoms with E-state index in [9.17, 15) is 29.5 Å².